The highest BCUT2D eigenvalue weighted by Crippen LogP contribution is 2.16. The van der Waals surface area contributed by atoms with Crippen molar-refractivity contribution in [1.29, 1.82) is 0 Å². The molecule has 0 aliphatic rings. The molecule has 2 rings (SSSR count). The molecule has 6 heteroatoms. The van der Waals surface area contributed by atoms with E-state index in [1.165, 1.54) is 0 Å². The van der Waals surface area contributed by atoms with E-state index >= 15 is 0 Å². The molecular formula is C10H13FN4O. The van der Waals surface area contributed by atoms with Crippen LogP contribution in [0, 0.1) is 0 Å². The van der Waals surface area contributed by atoms with E-state index in [1.807, 2.05) is 12.1 Å². The lowest BCUT2D eigenvalue weighted by Crippen LogP contribution is -2.05. The smallest absolute Gasteiger partial charge is 0.240 e. The van der Waals surface area contributed by atoms with Gasteiger partial charge in [-0.2, -0.15) is 4.98 Å². The molecule has 0 saturated carbocycles. The predicted molar refractivity (Wildman–Crippen MR) is 56.5 cm³/mol. The summed E-state index contributed by atoms with van der Waals surface area (Å²) in [5.74, 6) is 1.01. The first-order valence-corrected chi connectivity index (χ1v) is 5.04. The van der Waals surface area contributed by atoms with Crippen molar-refractivity contribution < 1.29 is 8.91 Å². The van der Waals surface area contributed by atoms with Gasteiger partial charge < -0.3 is 14.4 Å². The Kier molecular flexibility index (Phi) is 3.31. The molecule has 0 amide bonds. The fourth-order valence-corrected chi connectivity index (χ4v) is 1.49. The molecule has 0 unspecified atom stereocenters. The van der Waals surface area contributed by atoms with Crippen LogP contribution in [0.5, 0.6) is 0 Å². The van der Waals surface area contributed by atoms with Gasteiger partial charge >= 0.3 is 0 Å². The third kappa shape index (κ3) is 2.11. The number of alkyl halides is 1. The van der Waals surface area contributed by atoms with Gasteiger partial charge in [-0.1, -0.05) is 5.16 Å². The Labute approximate surface area is 92.3 Å². The molecular weight excluding hydrogens is 211 g/mol. The Morgan fingerprint density at radius 2 is 2.44 bits per heavy atom. The van der Waals surface area contributed by atoms with Crippen molar-refractivity contribution in [3.05, 3.63) is 24.2 Å². The number of nitrogens with zero attached hydrogens (tertiary/aromatic N) is 3. The lowest BCUT2D eigenvalue weighted by molar-refractivity contribution is 0.372. The topological polar surface area (TPSA) is 55.9 Å². The lowest BCUT2D eigenvalue weighted by Gasteiger charge is -2.01. The van der Waals surface area contributed by atoms with Gasteiger partial charge in [0.2, 0.25) is 11.7 Å². The van der Waals surface area contributed by atoms with Gasteiger partial charge in [-0.15, -0.1) is 0 Å². The third-order valence-corrected chi connectivity index (χ3v) is 2.18. The number of halogens is 1. The fourth-order valence-electron chi connectivity index (χ4n) is 1.49. The Morgan fingerprint density at radius 1 is 1.56 bits per heavy atom. The van der Waals surface area contributed by atoms with Crippen LogP contribution in [0.3, 0.4) is 0 Å². The van der Waals surface area contributed by atoms with Crippen molar-refractivity contribution in [3.8, 4) is 11.5 Å². The maximum Gasteiger partial charge on any atom is 0.240 e. The Hall–Kier alpha value is -1.69. The minimum absolute atomic E-state index is 0.304. The number of hydrogen-bond donors (Lipinski definition) is 1. The molecule has 16 heavy (non-hydrogen) atoms. The summed E-state index contributed by atoms with van der Waals surface area (Å²) in [4.78, 5) is 4.20. The highest BCUT2D eigenvalue weighted by atomic mass is 19.1. The summed E-state index contributed by atoms with van der Waals surface area (Å²) in [6.07, 6.45) is 1.79. The number of nitrogens with one attached hydrogen (secondary N) is 1. The van der Waals surface area contributed by atoms with E-state index < -0.39 is 6.67 Å². The van der Waals surface area contributed by atoms with Crippen molar-refractivity contribution in [2.75, 3.05) is 13.7 Å². The zero-order chi connectivity index (χ0) is 11.4. The van der Waals surface area contributed by atoms with E-state index in [-0.39, 0.29) is 0 Å². The van der Waals surface area contributed by atoms with Crippen LogP contribution in [0.2, 0.25) is 0 Å². The fraction of sp³-hybridized carbons (Fsp3) is 0.400. The highest BCUT2D eigenvalue weighted by Gasteiger charge is 2.11. The van der Waals surface area contributed by atoms with Crippen molar-refractivity contribution >= 4 is 0 Å². The van der Waals surface area contributed by atoms with Crippen molar-refractivity contribution in [2.24, 2.45) is 0 Å². The quantitative estimate of drug-likeness (QED) is 0.829. The molecule has 0 aromatic carbocycles. The molecule has 0 saturated heterocycles. The summed E-state index contributed by atoms with van der Waals surface area (Å²) in [6.45, 7) is 0.415. The summed E-state index contributed by atoms with van der Waals surface area (Å²) in [5.41, 5.74) is 0.767. The van der Waals surface area contributed by atoms with E-state index in [0.29, 0.717) is 24.8 Å². The minimum atomic E-state index is -0.414. The standard InChI is InChI=1S/C10H13FN4O/c1-12-7-9-13-10(14-16-9)8-3-2-5-15(8)6-4-11/h2-3,5,12H,4,6-7H2,1H3. The molecule has 0 aliphatic heterocycles. The largest absolute Gasteiger partial charge is 0.342 e. The Morgan fingerprint density at radius 3 is 3.19 bits per heavy atom. The van der Waals surface area contributed by atoms with Crippen LogP contribution in [0.25, 0.3) is 11.5 Å². The second-order valence-electron chi connectivity index (χ2n) is 3.32. The highest BCUT2D eigenvalue weighted by molar-refractivity contribution is 5.49. The third-order valence-electron chi connectivity index (χ3n) is 2.18. The zero-order valence-electron chi connectivity index (χ0n) is 8.98. The van der Waals surface area contributed by atoms with Gasteiger partial charge in [-0.05, 0) is 19.2 Å². The summed E-state index contributed by atoms with van der Waals surface area (Å²) in [5, 5.41) is 6.77. The van der Waals surface area contributed by atoms with E-state index in [2.05, 4.69) is 15.5 Å². The summed E-state index contributed by atoms with van der Waals surface area (Å²) in [7, 11) is 1.80. The average Bonchev–Trinajstić information content (AvgIpc) is 2.87. The van der Waals surface area contributed by atoms with Gasteiger partial charge in [0, 0.05) is 6.20 Å². The molecule has 1 N–H and O–H groups in total. The van der Waals surface area contributed by atoms with Crippen molar-refractivity contribution in [2.45, 2.75) is 13.1 Å². The van der Waals surface area contributed by atoms with Gasteiger partial charge in [0.15, 0.2) is 0 Å². The van der Waals surface area contributed by atoms with Crippen LogP contribution in [0.1, 0.15) is 5.89 Å². The number of hydrogen-bond acceptors (Lipinski definition) is 4. The first kappa shape index (κ1) is 10.8. The number of aromatic nitrogens is 3. The normalized spacial score (nSPS) is 10.9. The van der Waals surface area contributed by atoms with Gasteiger partial charge in [0.1, 0.15) is 6.67 Å². The van der Waals surface area contributed by atoms with Crippen LogP contribution in [-0.2, 0) is 13.1 Å². The van der Waals surface area contributed by atoms with Gasteiger partial charge in [-0.3, -0.25) is 0 Å². The first-order chi connectivity index (χ1) is 7.85. The summed E-state index contributed by atoms with van der Waals surface area (Å²) in [6, 6.07) is 3.67. The molecule has 2 heterocycles. The maximum atomic E-state index is 12.3. The maximum absolute atomic E-state index is 12.3. The van der Waals surface area contributed by atoms with Crippen LogP contribution in [-0.4, -0.2) is 28.4 Å². The van der Waals surface area contributed by atoms with Gasteiger partial charge in [-0.25, -0.2) is 4.39 Å². The van der Waals surface area contributed by atoms with E-state index in [1.54, 1.807) is 17.8 Å². The van der Waals surface area contributed by atoms with Gasteiger partial charge in [0.25, 0.3) is 0 Å². The molecule has 86 valence electrons. The molecule has 2 aromatic heterocycles. The van der Waals surface area contributed by atoms with Crippen molar-refractivity contribution in [1.82, 2.24) is 20.0 Å². The Bertz CT molecular complexity index is 451. The van der Waals surface area contributed by atoms with Crippen LogP contribution < -0.4 is 5.32 Å². The molecule has 0 spiro atoms. The second-order valence-corrected chi connectivity index (χ2v) is 3.32. The molecule has 2 aromatic rings. The van der Waals surface area contributed by atoms with Crippen LogP contribution >= 0.6 is 0 Å². The van der Waals surface area contributed by atoms with E-state index in [9.17, 15) is 4.39 Å². The second kappa shape index (κ2) is 4.89. The SMILES string of the molecule is CNCc1nc(-c2cccn2CCF)no1. The van der Waals surface area contributed by atoms with E-state index in [4.69, 9.17) is 4.52 Å². The predicted octanol–water partition coefficient (Wildman–Crippen LogP) is 1.23. The Balaban J connectivity index is 2.24. The van der Waals surface area contributed by atoms with Crippen molar-refractivity contribution in [3.63, 3.8) is 0 Å². The molecule has 0 atom stereocenters. The van der Waals surface area contributed by atoms with Gasteiger partial charge in [0.05, 0.1) is 18.8 Å². The lowest BCUT2D eigenvalue weighted by atomic mass is 10.4. The molecule has 0 aliphatic carbocycles. The molecule has 0 fully saturated rings. The van der Waals surface area contributed by atoms with Crippen LogP contribution in [0.4, 0.5) is 4.39 Å². The number of rotatable bonds is 5. The summed E-state index contributed by atoms with van der Waals surface area (Å²) >= 11 is 0. The number of aryl methyl sites for hydroxylation is 1. The zero-order valence-corrected chi connectivity index (χ0v) is 8.98. The van der Waals surface area contributed by atoms with Crippen LogP contribution in [0.15, 0.2) is 22.9 Å². The first-order valence-electron chi connectivity index (χ1n) is 5.04. The van der Waals surface area contributed by atoms with E-state index in [0.717, 1.165) is 5.69 Å². The molecule has 0 bridgehead atoms. The molecule has 5 nitrogen and oxygen atoms in total. The average molecular weight is 224 g/mol. The summed E-state index contributed by atoms with van der Waals surface area (Å²) < 4.78 is 19.1. The monoisotopic (exact) mass is 224 g/mol. The molecule has 0 radical (unpaired) electrons. The minimum Gasteiger partial charge on any atom is -0.342 e.